The van der Waals surface area contributed by atoms with E-state index in [-0.39, 0.29) is 17.9 Å². The molecule has 0 bridgehead atoms. The number of aryl methyl sites for hydroxylation is 1. The molecule has 0 aliphatic carbocycles. The van der Waals surface area contributed by atoms with E-state index in [1.165, 1.54) is 0 Å². The van der Waals surface area contributed by atoms with Gasteiger partial charge in [-0.05, 0) is 12.1 Å². The standard InChI is InChI=1S/C16H20N4O3/c1-17-14(21)6-7-20-13-5-3-2-4-12(13)18-15(16(20)22)19-8-10-23-11-9-19/h2-5H,6-11H2,1H3,(H,17,21). The van der Waals surface area contributed by atoms with E-state index in [9.17, 15) is 9.59 Å². The average molecular weight is 316 g/mol. The quantitative estimate of drug-likeness (QED) is 0.882. The maximum atomic E-state index is 12.9. The van der Waals surface area contributed by atoms with Crippen LogP contribution in [-0.2, 0) is 16.1 Å². The van der Waals surface area contributed by atoms with Crippen molar-refractivity contribution in [1.29, 1.82) is 0 Å². The molecule has 1 fully saturated rings. The van der Waals surface area contributed by atoms with Crippen LogP contribution in [0.2, 0.25) is 0 Å². The van der Waals surface area contributed by atoms with Crippen LogP contribution in [0.1, 0.15) is 6.42 Å². The molecular weight excluding hydrogens is 296 g/mol. The molecule has 1 aliphatic heterocycles. The first-order valence-corrected chi connectivity index (χ1v) is 7.73. The van der Waals surface area contributed by atoms with E-state index in [0.29, 0.717) is 38.7 Å². The number of ether oxygens (including phenoxy) is 1. The number of anilines is 1. The SMILES string of the molecule is CNC(=O)CCn1c(=O)c(N2CCOCC2)nc2ccccc21. The highest BCUT2D eigenvalue weighted by molar-refractivity contribution is 5.78. The summed E-state index contributed by atoms with van der Waals surface area (Å²) in [6.07, 6.45) is 0.257. The average Bonchev–Trinajstić information content (AvgIpc) is 2.61. The minimum absolute atomic E-state index is 0.0919. The second-order valence-electron chi connectivity index (χ2n) is 5.40. The molecule has 122 valence electrons. The Balaban J connectivity index is 2.05. The Morgan fingerprint density at radius 1 is 1.30 bits per heavy atom. The zero-order chi connectivity index (χ0) is 16.2. The Morgan fingerprint density at radius 2 is 2.04 bits per heavy atom. The monoisotopic (exact) mass is 316 g/mol. The third kappa shape index (κ3) is 3.19. The third-order valence-electron chi connectivity index (χ3n) is 3.99. The van der Waals surface area contributed by atoms with Gasteiger partial charge in [0.2, 0.25) is 5.91 Å². The number of aromatic nitrogens is 2. The van der Waals surface area contributed by atoms with Crippen molar-refractivity contribution in [3.05, 3.63) is 34.6 Å². The second-order valence-corrected chi connectivity index (χ2v) is 5.40. The van der Waals surface area contributed by atoms with Crippen LogP contribution in [0.15, 0.2) is 29.1 Å². The molecule has 1 saturated heterocycles. The second kappa shape index (κ2) is 6.78. The number of hydrogen-bond acceptors (Lipinski definition) is 5. The van der Waals surface area contributed by atoms with E-state index in [1.807, 2.05) is 29.2 Å². The summed E-state index contributed by atoms with van der Waals surface area (Å²) in [7, 11) is 1.59. The summed E-state index contributed by atoms with van der Waals surface area (Å²) in [5, 5.41) is 2.58. The summed E-state index contributed by atoms with van der Waals surface area (Å²) in [6.45, 7) is 2.81. The van der Waals surface area contributed by atoms with Crippen LogP contribution in [-0.4, -0.2) is 48.8 Å². The number of amides is 1. The lowest BCUT2D eigenvalue weighted by atomic mass is 10.2. The number of benzene rings is 1. The van der Waals surface area contributed by atoms with E-state index in [2.05, 4.69) is 10.3 Å². The summed E-state index contributed by atoms with van der Waals surface area (Å²) in [6, 6.07) is 7.51. The molecule has 0 radical (unpaired) electrons. The Labute approximate surface area is 133 Å². The van der Waals surface area contributed by atoms with Crippen LogP contribution < -0.4 is 15.8 Å². The van der Waals surface area contributed by atoms with Gasteiger partial charge in [0.15, 0.2) is 5.82 Å². The lowest BCUT2D eigenvalue weighted by Crippen LogP contribution is -2.41. The minimum Gasteiger partial charge on any atom is -0.378 e. The van der Waals surface area contributed by atoms with E-state index in [4.69, 9.17) is 4.74 Å². The zero-order valence-electron chi connectivity index (χ0n) is 13.1. The van der Waals surface area contributed by atoms with Crippen LogP contribution in [0.5, 0.6) is 0 Å². The molecule has 1 aromatic heterocycles. The number of hydrogen-bond donors (Lipinski definition) is 1. The van der Waals surface area contributed by atoms with Crippen LogP contribution >= 0.6 is 0 Å². The lowest BCUT2D eigenvalue weighted by Gasteiger charge is -2.28. The molecule has 1 amide bonds. The Morgan fingerprint density at radius 3 is 2.78 bits per heavy atom. The molecule has 1 aliphatic rings. The minimum atomic E-state index is -0.158. The smallest absolute Gasteiger partial charge is 0.294 e. The molecule has 2 aromatic rings. The van der Waals surface area contributed by atoms with Crippen molar-refractivity contribution in [3.63, 3.8) is 0 Å². The van der Waals surface area contributed by atoms with E-state index in [1.54, 1.807) is 11.6 Å². The number of nitrogens with zero attached hydrogens (tertiary/aromatic N) is 3. The van der Waals surface area contributed by atoms with Gasteiger partial charge in [-0.15, -0.1) is 0 Å². The van der Waals surface area contributed by atoms with Gasteiger partial charge in [0.25, 0.3) is 5.56 Å². The summed E-state index contributed by atoms with van der Waals surface area (Å²) in [4.78, 5) is 30.9. The van der Waals surface area contributed by atoms with Crippen molar-refractivity contribution in [2.75, 3.05) is 38.3 Å². The normalized spacial score (nSPS) is 14.9. The number of rotatable bonds is 4. The molecule has 7 heteroatoms. The highest BCUT2D eigenvalue weighted by Gasteiger charge is 2.19. The summed E-state index contributed by atoms with van der Waals surface area (Å²) in [5.74, 6) is 0.342. The van der Waals surface area contributed by atoms with Crippen molar-refractivity contribution >= 4 is 22.8 Å². The van der Waals surface area contributed by atoms with Crippen molar-refractivity contribution in [2.24, 2.45) is 0 Å². The van der Waals surface area contributed by atoms with Gasteiger partial charge in [-0.3, -0.25) is 9.59 Å². The molecular formula is C16H20N4O3. The van der Waals surface area contributed by atoms with Crippen LogP contribution in [0.4, 0.5) is 5.82 Å². The fourth-order valence-electron chi connectivity index (χ4n) is 2.72. The summed E-state index contributed by atoms with van der Waals surface area (Å²) >= 11 is 0. The number of fused-ring (bicyclic) bond motifs is 1. The Kier molecular flexibility index (Phi) is 4.57. The number of para-hydroxylation sites is 2. The maximum Gasteiger partial charge on any atom is 0.294 e. The van der Waals surface area contributed by atoms with Gasteiger partial charge >= 0.3 is 0 Å². The third-order valence-corrected chi connectivity index (χ3v) is 3.99. The van der Waals surface area contributed by atoms with Crippen molar-refractivity contribution in [3.8, 4) is 0 Å². The molecule has 1 N–H and O–H groups in total. The largest absolute Gasteiger partial charge is 0.378 e. The van der Waals surface area contributed by atoms with Gasteiger partial charge in [-0.25, -0.2) is 4.98 Å². The number of carbonyl (C=O) groups is 1. The van der Waals surface area contributed by atoms with Gasteiger partial charge < -0.3 is 19.5 Å². The molecule has 0 spiro atoms. The Hall–Kier alpha value is -2.41. The first kappa shape index (κ1) is 15.5. The topological polar surface area (TPSA) is 76.5 Å². The number of morpholine rings is 1. The molecule has 23 heavy (non-hydrogen) atoms. The van der Waals surface area contributed by atoms with E-state index >= 15 is 0 Å². The van der Waals surface area contributed by atoms with Crippen LogP contribution in [0.3, 0.4) is 0 Å². The molecule has 0 saturated carbocycles. The lowest BCUT2D eigenvalue weighted by molar-refractivity contribution is -0.120. The van der Waals surface area contributed by atoms with Crippen LogP contribution in [0.25, 0.3) is 11.0 Å². The van der Waals surface area contributed by atoms with E-state index in [0.717, 1.165) is 11.0 Å². The maximum absolute atomic E-state index is 12.9. The molecule has 7 nitrogen and oxygen atoms in total. The van der Waals surface area contributed by atoms with Gasteiger partial charge in [-0.2, -0.15) is 0 Å². The highest BCUT2D eigenvalue weighted by atomic mass is 16.5. The first-order chi connectivity index (χ1) is 11.2. The molecule has 1 aromatic carbocycles. The van der Waals surface area contributed by atoms with E-state index < -0.39 is 0 Å². The zero-order valence-corrected chi connectivity index (χ0v) is 13.1. The fourth-order valence-corrected chi connectivity index (χ4v) is 2.72. The predicted octanol–water partition coefficient (Wildman–Crippen LogP) is 0.369. The van der Waals surface area contributed by atoms with Gasteiger partial charge in [-0.1, -0.05) is 12.1 Å². The predicted molar refractivity (Wildman–Crippen MR) is 87.7 cm³/mol. The molecule has 2 heterocycles. The number of nitrogens with one attached hydrogen (secondary N) is 1. The van der Waals surface area contributed by atoms with Gasteiger partial charge in [0.1, 0.15) is 0 Å². The van der Waals surface area contributed by atoms with Gasteiger partial charge in [0, 0.05) is 33.1 Å². The first-order valence-electron chi connectivity index (χ1n) is 7.73. The number of carbonyl (C=O) groups excluding carboxylic acids is 1. The summed E-state index contributed by atoms with van der Waals surface area (Å²) in [5.41, 5.74) is 1.35. The van der Waals surface area contributed by atoms with Crippen molar-refractivity contribution in [2.45, 2.75) is 13.0 Å². The van der Waals surface area contributed by atoms with Gasteiger partial charge in [0.05, 0.1) is 24.2 Å². The molecule has 3 rings (SSSR count). The van der Waals surface area contributed by atoms with Crippen molar-refractivity contribution < 1.29 is 9.53 Å². The van der Waals surface area contributed by atoms with Crippen molar-refractivity contribution in [1.82, 2.24) is 14.9 Å². The Bertz CT molecular complexity index is 765. The fraction of sp³-hybridized carbons (Fsp3) is 0.438. The highest BCUT2D eigenvalue weighted by Crippen LogP contribution is 2.15. The van der Waals surface area contributed by atoms with Crippen LogP contribution in [0, 0.1) is 0 Å². The molecule has 0 unspecified atom stereocenters. The summed E-state index contributed by atoms with van der Waals surface area (Å²) < 4.78 is 6.98. The molecule has 0 atom stereocenters.